The van der Waals surface area contributed by atoms with Gasteiger partial charge < -0.3 is 5.11 Å². The summed E-state index contributed by atoms with van der Waals surface area (Å²) >= 11 is 0. The third kappa shape index (κ3) is 3.54. The molecule has 0 amide bonds. The summed E-state index contributed by atoms with van der Waals surface area (Å²) in [6.45, 7) is 2.07. The van der Waals surface area contributed by atoms with Crippen LogP contribution in [0.15, 0.2) is 12.3 Å². The quantitative estimate of drug-likeness (QED) is 0.508. The van der Waals surface area contributed by atoms with Crippen LogP contribution in [0, 0.1) is 0 Å². The summed E-state index contributed by atoms with van der Waals surface area (Å²) in [4.78, 5) is 0. The van der Waals surface area contributed by atoms with Gasteiger partial charge in [0.1, 0.15) is 0 Å². The first-order chi connectivity index (χ1) is 2.91. The maximum Gasteiger partial charge on any atom is 0.0751 e. The first-order valence-electron chi connectivity index (χ1n) is 2.21. The Kier molecular flexibility index (Phi) is 4.19. The van der Waals surface area contributed by atoms with E-state index in [4.69, 9.17) is 5.11 Å². The van der Waals surface area contributed by atoms with Crippen molar-refractivity contribution >= 4 is 0 Å². The van der Waals surface area contributed by atoms with Crippen molar-refractivity contribution in [2.75, 3.05) is 0 Å². The van der Waals surface area contributed by atoms with Crippen molar-refractivity contribution in [1.29, 1.82) is 0 Å². The van der Waals surface area contributed by atoms with Crippen molar-refractivity contribution in [3.8, 4) is 0 Å². The van der Waals surface area contributed by atoms with Gasteiger partial charge in [0.25, 0.3) is 0 Å². The monoisotopic (exact) mass is 86.1 g/mol. The van der Waals surface area contributed by atoms with E-state index in [2.05, 4.69) is 6.92 Å². The zero-order valence-electron chi connectivity index (χ0n) is 4.02. The Morgan fingerprint density at radius 1 is 1.67 bits per heavy atom. The number of rotatable bonds is 2. The predicted octanol–water partition coefficient (Wildman–Crippen LogP) is 1.86. The molecule has 0 unspecified atom stereocenters. The number of allylic oxidation sites excluding steroid dienone is 1. The molecule has 6 heavy (non-hydrogen) atoms. The SMILES string of the molecule is CCC/C=C/O. The fourth-order valence-corrected chi connectivity index (χ4v) is 0.241. The van der Waals surface area contributed by atoms with Gasteiger partial charge in [-0.3, -0.25) is 0 Å². The number of hydrogen-bond donors (Lipinski definition) is 1. The van der Waals surface area contributed by atoms with E-state index in [0.717, 1.165) is 19.1 Å². The minimum Gasteiger partial charge on any atom is -0.516 e. The number of aliphatic hydroxyl groups excluding tert-OH is 1. The van der Waals surface area contributed by atoms with Crippen LogP contribution in [0.2, 0.25) is 0 Å². The Morgan fingerprint density at radius 3 is 2.50 bits per heavy atom. The van der Waals surface area contributed by atoms with Gasteiger partial charge in [-0.1, -0.05) is 19.4 Å². The van der Waals surface area contributed by atoms with Crippen LogP contribution in [0.1, 0.15) is 19.8 Å². The van der Waals surface area contributed by atoms with E-state index in [9.17, 15) is 0 Å². The molecule has 0 heterocycles. The van der Waals surface area contributed by atoms with Crippen LogP contribution in [-0.4, -0.2) is 5.11 Å². The normalized spacial score (nSPS) is 10.2. The average Bonchev–Trinajstić information content (AvgIpc) is 1.61. The number of unbranched alkanes of at least 4 members (excludes halogenated alkanes) is 1. The highest BCUT2D eigenvalue weighted by molar-refractivity contribution is 4.69. The summed E-state index contributed by atoms with van der Waals surface area (Å²) in [5.74, 6) is 0. The van der Waals surface area contributed by atoms with E-state index in [1.165, 1.54) is 0 Å². The van der Waals surface area contributed by atoms with Gasteiger partial charge >= 0.3 is 0 Å². The molecule has 0 fully saturated rings. The van der Waals surface area contributed by atoms with Gasteiger partial charge in [-0.2, -0.15) is 0 Å². The molecule has 1 N–H and O–H groups in total. The Balaban J connectivity index is 2.66. The highest BCUT2D eigenvalue weighted by Crippen LogP contribution is 1.84. The van der Waals surface area contributed by atoms with Crippen molar-refractivity contribution in [3.05, 3.63) is 12.3 Å². The summed E-state index contributed by atoms with van der Waals surface area (Å²) in [7, 11) is 0. The predicted molar refractivity (Wildman–Crippen MR) is 26.7 cm³/mol. The van der Waals surface area contributed by atoms with E-state index < -0.39 is 0 Å². The zero-order valence-corrected chi connectivity index (χ0v) is 4.02. The Bertz CT molecular complexity index is 39.2. The summed E-state index contributed by atoms with van der Waals surface area (Å²) in [5, 5.41) is 8.02. The van der Waals surface area contributed by atoms with Crippen LogP contribution in [0.4, 0.5) is 0 Å². The summed E-state index contributed by atoms with van der Waals surface area (Å²) in [6.07, 6.45) is 4.91. The molecular formula is C5H10O. The minimum atomic E-state index is 0.983. The standard InChI is InChI=1S/C5H10O/c1-2-3-4-5-6/h4-6H,2-3H2,1H3/b5-4+. The topological polar surface area (TPSA) is 20.2 Å². The van der Waals surface area contributed by atoms with Crippen molar-refractivity contribution in [3.63, 3.8) is 0 Å². The van der Waals surface area contributed by atoms with Crippen LogP contribution in [-0.2, 0) is 0 Å². The molecule has 0 saturated heterocycles. The molecule has 0 rings (SSSR count). The molecule has 0 aliphatic carbocycles. The zero-order chi connectivity index (χ0) is 4.83. The van der Waals surface area contributed by atoms with Gasteiger partial charge in [0.05, 0.1) is 6.26 Å². The lowest BCUT2D eigenvalue weighted by Crippen LogP contribution is -1.57. The average molecular weight is 86.1 g/mol. The molecule has 1 nitrogen and oxygen atoms in total. The van der Waals surface area contributed by atoms with Gasteiger partial charge in [0.2, 0.25) is 0 Å². The number of aliphatic hydroxyl groups is 1. The third-order valence-corrected chi connectivity index (χ3v) is 0.561. The van der Waals surface area contributed by atoms with Crippen LogP contribution in [0.25, 0.3) is 0 Å². The largest absolute Gasteiger partial charge is 0.516 e. The van der Waals surface area contributed by atoms with Crippen molar-refractivity contribution in [1.82, 2.24) is 0 Å². The molecular weight excluding hydrogens is 76.1 g/mol. The molecule has 0 saturated carbocycles. The van der Waals surface area contributed by atoms with Gasteiger partial charge in [0.15, 0.2) is 0 Å². The van der Waals surface area contributed by atoms with Crippen LogP contribution in [0.3, 0.4) is 0 Å². The highest BCUT2D eigenvalue weighted by atomic mass is 16.2. The lowest BCUT2D eigenvalue weighted by Gasteiger charge is -1.75. The highest BCUT2D eigenvalue weighted by Gasteiger charge is 1.66. The van der Waals surface area contributed by atoms with Gasteiger partial charge in [-0.05, 0) is 6.42 Å². The van der Waals surface area contributed by atoms with Crippen LogP contribution >= 0.6 is 0 Å². The smallest absolute Gasteiger partial charge is 0.0751 e. The maximum absolute atomic E-state index is 8.02. The first-order valence-corrected chi connectivity index (χ1v) is 2.21. The molecule has 0 atom stereocenters. The second-order valence-electron chi connectivity index (χ2n) is 1.17. The van der Waals surface area contributed by atoms with Crippen molar-refractivity contribution in [2.45, 2.75) is 19.8 Å². The lowest BCUT2D eigenvalue weighted by atomic mass is 10.3. The lowest BCUT2D eigenvalue weighted by molar-refractivity contribution is 0.470. The molecule has 0 bridgehead atoms. The first kappa shape index (κ1) is 5.54. The second-order valence-corrected chi connectivity index (χ2v) is 1.17. The summed E-state index contributed by atoms with van der Waals surface area (Å²) < 4.78 is 0. The molecule has 0 aromatic rings. The Hall–Kier alpha value is -0.460. The molecule has 36 valence electrons. The van der Waals surface area contributed by atoms with Crippen LogP contribution in [0.5, 0.6) is 0 Å². The van der Waals surface area contributed by atoms with E-state index in [-0.39, 0.29) is 0 Å². The summed E-state index contributed by atoms with van der Waals surface area (Å²) in [6, 6.07) is 0. The fraction of sp³-hybridized carbons (Fsp3) is 0.600. The molecule has 0 aliphatic rings. The van der Waals surface area contributed by atoms with Gasteiger partial charge in [0, 0.05) is 0 Å². The van der Waals surface area contributed by atoms with E-state index in [0.29, 0.717) is 0 Å². The molecule has 0 radical (unpaired) electrons. The molecule has 0 aliphatic heterocycles. The van der Waals surface area contributed by atoms with E-state index in [1.807, 2.05) is 0 Å². The Labute approximate surface area is 38.3 Å². The van der Waals surface area contributed by atoms with E-state index in [1.54, 1.807) is 6.08 Å². The number of hydrogen-bond acceptors (Lipinski definition) is 1. The maximum atomic E-state index is 8.02. The molecule has 0 aromatic heterocycles. The molecule has 1 heteroatoms. The third-order valence-electron chi connectivity index (χ3n) is 0.561. The van der Waals surface area contributed by atoms with Crippen molar-refractivity contribution in [2.24, 2.45) is 0 Å². The Morgan fingerprint density at radius 2 is 2.33 bits per heavy atom. The molecule has 0 spiro atoms. The van der Waals surface area contributed by atoms with Gasteiger partial charge in [-0.25, -0.2) is 0 Å². The minimum absolute atomic E-state index is 0.983. The fourth-order valence-electron chi connectivity index (χ4n) is 0.241. The van der Waals surface area contributed by atoms with Crippen LogP contribution < -0.4 is 0 Å². The second kappa shape index (κ2) is 4.54. The van der Waals surface area contributed by atoms with Crippen molar-refractivity contribution < 1.29 is 5.11 Å². The van der Waals surface area contributed by atoms with Gasteiger partial charge in [-0.15, -0.1) is 0 Å². The summed E-state index contributed by atoms with van der Waals surface area (Å²) in [5.41, 5.74) is 0. The van der Waals surface area contributed by atoms with E-state index >= 15 is 0 Å². The molecule has 0 aromatic carbocycles.